The molecule has 2 N–H and O–H groups in total. The molecule has 0 aliphatic carbocycles. The number of aliphatic hydroxyl groups excluding tert-OH is 2. The van der Waals surface area contributed by atoms with Crippen molar-refractivity contribution in [3.63, 3.8) is 0 Å². The van der Waals surface area contributed by atoms with Gasteiger partial charge in [-0.15, -0.1) is 0 Å². The summed E-state index contributed by atoms with van der Waals surface area (Å²) in [7, 11) is 7.83. The molecule has 0 saturated carbocycles. The number of likely N-dealkylation sites (N-methyl/N-ethyl adjacent to an activating group) is 2. The highest BCUT2D eigenvalue weighted by Crippen LogP contribution is 1.76. The van der Waals surface area contributed by atoms with Crippen LogP contribution in [-0.2, 0) is 4.74 Å². The topological polar surface area (TPSA) is 56.2 Å². The maximum atomic E-state index is 8.29. The lowest BCUT2D eigenvalue weighted by atomic mass is 10.6. The van der Waals surface area contributed by atoms with Crippen molar-refractivity contribution in [3.05, 3.63) is 0 Å². The van der Waals surface area contributed by atoms with Crippen LogP contribution in [0.3, 0.4) is 0 Å². The summed E-state index contributed by atoms with van der Waals surface area (Å²) in [6.07, 6.45) is 0. The fraction of sp³-hybridized carbons (Fsp3) is 1.00. The molecule has 0 atom stereocenters. The second-order valence-corrected chi connectivity index (χ2v) is 3.67. The maximum absolute atomic E-state index is 8.29. The first kappa shape index (κ1) is 17.2. The van der Waals surface area contributed by atoms with E-state index in [0.717, 1.165) is 13.1 Å². The second kappa shape index (κ2) is 13.8. The third-order valence-electron chi connectivity index (χ3n) is 1.47. The molecule has 0 saturated heterocycles. The van der Waals surface area contributed by atoms with Crippen LogP contribution in [0.1, 0.15) is 0 Å². The van der Waals surface area contributed by atoms with Crippen LogP contribution in [0.25, 0.3) is 0 Å². The minimum Gasteiger partial charge on any atom is -0.395 e. The summed E-state index contributed by atoms with van der Waals surface area (Å²) in [5.41, 5.74) is 0. The summed E-state index contributed by atoms with van der Waals surface area (Å²) in [6, 6.07) is 0. The zero-order valence-corrected chi connectivity index (χ0v) is 10.4. The van der Waals surface area contributed by atoms with Crippen LogP contribution in [-0.4, -0.2) is 87.7 Å². The van der Waals surface area contributed by atoms with Gasteiger partial charge in [0.05, 0.1) is 26.4 Å². The first-order valence-electron chi connectivity index (χ1n) is 5.13. The van der Waals surface area contributed by atoms with Gasteiger partial charge < -0.3 is 24.7 Å². The molecule has 0 bridgehead atoms. The summed E-state index contributed by atoms with van der Waals surface area (Å²) in [5.74, 6) is 0. The van der Waals surface area contributed by atoms with Gasteiger partial charge in [0.2, 0.25) is 0 Å². The Kier molecular flexibility index (Phi) is 15.8. The Morgan fingerprint density at radius 1 is 0.800 bits per heavy atom. The highest BCUT2D eigenvalue weighted by Gasteiger charge is 1.88. The highest BCUT2D eigenvalue weighted by molar-refractivity contribution is 4.38. The lowest BCUT2D eigenvalue weighted by molar-refractivity contribution is 0.0821. The molecule has 0 aliphatic heterocycles. The minimum absolute atomic E-state index is 0.118. The van der Waals surface area contributed by atoms with Crippen LogP contribution >= 0.6 is 0 Å². The highest BCUT2D eigenvalue weighted by atomic mass is 16.5. The molecule has 0 aromatic rings. The van der Waals surface area contributed by atoms with Crippen LogP contribution in [0.4, 0.5) is 0 Å². The van der Waals surface area contributed by atoms with E-state index >= 15 is 0 Å². The fourth-order valence-electron chi connectivity index (χ4n) is 0.614. The molecule has 0 fully saturated rings. The number of aliphatic hydroxyl groups is 2. The van der Waals surface area contributed by atoms with Crippen molar-refractivity contribution in [2.75, 3.05) is 67.7 Å². The van der Waals surface area contributed by atoms with Gasteiger partial charge in [-0.05, 0) is 28.2 Å². The lowest BCUT2D eigenvalue weighted by Crippen LogP contribution is -2.18. The van der Waals surface area contributed by atoms with Gasteiger partial charge in [-0.3, -0.25) is 0 Å². The summed E-state index contributed by atoms with van der Waals surface area (Å²) < 4.78 is 5.00. The van der Waals surface area contributed by atoms with Gasteiger partial charge in [-0.25, -0.2) is 0 Å². The normalized spacial score (nSPS) is 10.4. The van der Waals surface area contributed by atoms with E-state index in [1.807, 2.05) is 38.0 Å². The smallest absolute Gasteiger partial charge is 0.0698 e. The zero-order valence-electron chi connectivity index (χ0n) is 10.4. The zero-order chi connectivity index (χ0) is 12.1. The number of nitrogens with zero attached hydrogens (tertiary/aromatic N) is 2. The van der Waals surface area contributed by atoms with Crippen molar-refractivity contribution in [1.29, 1.82) is 0 Å². The van der Waals surface area contributed by atoms with E-state index in [4.69, 9.17) is 14.9 Å². The number of rotatable bonds is 7. The van der Waals surface area contributed by atoms with Crippen molar-refractivity contribution in [2.24, 2.45) is 0 Å². The lowest BCUT2D eigenvalue weighted by Gasteiger charge is -2.08. The molecular formula is C10H26N2O3. The molecule has 0 spiro atoms. The SMILES string of the molecule is CN(C)CCO.CN(C)CCOCCO. The Morgan fingerprint density at radius 2 is 1.33 bits per heavy atom. The standard InChI is InChI=1S/C6H15NO2.C4H11NO/c1-7(2)3-5-9-6-4-8;1-5(2)3-4-6/h8H,3-6H2,1-2H3;6H,3-4H2,1-2H3. The van der Waals surface area contributed by atoms with E-state index in [1.54, 1.807) is 0 Å². The molecule has 0 aliphatic rings. The van der Waals surface area contributed by atoms with Gasteiger partial charge in [-0.1, -0.05) is 0 Å². The molecule has 0 radical (unpaired) electrons. The Hall–Kier alpha value is -0.200. The van der Waals surface area contributed by atoms with E-state index in [0.29, 0.717) is 13.2 Å². The van der Waals surface area contributed by atoms with E-state index < -0.39 is 0 Å². The van der Waals surface area contributed by atoms with Gasteiger partial charge in [0.1, 0.15) is 0 Å². The fourth-order valence-corrected chi connectivity index (χ4v) is 0.614. The van der Waals surface area contributed by atoms with Gasteiger partial charge in [-0.2, -0.15) is 0 Å². The van der Waals surface area contributed by atoms with Gasteiger partial charge >= 0.3 is 0 Å². The Morgan fingerprint density at radius 3 is 1.60 bits per heavy atom. The van der Waals surface area contributed by atoms with Crippen molar-refractivity contribution >= 4 is 0 Å². The molecule has 0 aromatic carbocycles. The third kappa shape index (κ3) is 24.8. The first-order valence-corrected chi connectivity index (χ1v) is 5.13. The Labute approximate surface area is 93.3 Å². The average molecular weight is 222 g/mol. The predicted molar refractivity (Wildman–Crippen MR) is 62.1 cm³/mol. The van der Waals surface area contributed by atoms with Crippen LogP contribution in [0, 0.1) is 0 Å². The van der Waals surface area contributed by atoms with Crippen molar-refractivity contribution < 1.29 is 14.9 Å². The number of hydrogen-bond acceptors (Lipinski definition) is 5. The molecule has 0 unspecified atom stereocenters. The number of hydrogen-bond donors (Lipinski definition) is 2. The quantitative estimate of drug-likeness (QED) is 0.547. The van der Waals surface area contributed by atoms with Crippen molar-refractivity contribution in [3.8, 4) is 0 Å². The second-order valence-electron chi connectivity index (χ2n) is 3.67. The average Bonchev–Trinajstić information content (AvgIpc) is 2.13. The molecule has 0 heterocycles. The molecule has 94 valence electrons. The van der Waals surface area contributed by atoms with E-state index in [9.17, 15) is 0 Å². The van der Waals surface area contributed by atoms with Crippen molar-refractivity contribution in [2.45, 2.75) is 0 Å². The van der Waals surface area contributed by atoms with Crippen LogP contribution < -0.4 is 0 Å². The summed E-state index contributed by atoms with van der Waals surface area (Å²) in [4.78, 5) is 3.97. The van der Waals surface area contributed by atoms with Gasteiger partial charge in [0.15, 0.2) is 0 Å². The largest absolute Gasteiger partial charge is 0.395 e. The molecule has 5 heteroatoms. The predicted octanol–water partition coefficient (Wildman–Crippen LogP) is -0.903. The molecule has 5 nitrogen and oxygen atoms in total. The molecule has 15 heavy (non-hydrogen) atoms. The molecule has 0 rings (SSSR count). The van der Waals surface area contributed by atoms with Gasteiger partial charge in [0, 0.05) is 13.1 Å². The first-order chi connectivity index (χ1) is 7.04. The molecule has 0 aromatic heterocycles. The summed E-state index contributed by atoms with van der Waals surface area (Å²) in [6.45, 7) is 3.21. The molecule has 0 amide bonds. The third-order valence-corrected chi connectivity index (χ3v) is 1.47. The Balaban J connectivity index is 0. The molecular weight excluding hydrogens is 196 g/mol. The van der Waals surface area contributed by atoms with E-state index in [2.05, 4.69) is 0 Å². The Bertz CT molecular complexity index is 111. The van der Waals surface area contributed by atoms with Crippen LogP contribution in [0.15, 0.2) is 0 Å². The minimum atomic E-state index is 0.118. The van der Waals surface area contributed by atoms with Crippen molar-refractivity contribution in [1.82, 2.24) is 9.80 Å². The monoisotopic (exact) mass is 222 g/mol. The van der Waals surface area contributed by atoms with Gasteiger partial charge in [0.25, 0.3) is 0 Å². The van der Waals surface area contributed by atoms with E-state index in [-0.39, 0.29) is 13.2 Å². The van der Waals surface area contributed by atoms with E-state index in [1.165, 1.54) is 0 Å². The van der Waals surface area contributed by atoms with Crippen LogP contribution in [0.5, 0.6) is 0 Å². The summed E-state index contributed by atoms with van der Waals surface area (Å²) in [5, 5.41) is 16.5. The number of ether oxygens (including phenoxy) is 1. The van der Waals surface area contributed by atoms with Crippen LogP contribution in [0.2, 0.25) is 0 Å². The maximum Gasteiger partial charge on any atom is 0.0698 e. The summed E-state index contributed by atoms with van der Waals surface area (Å²) >= 11 is 0.